The van der Waals surface area contributed by atoms with Crippen LogP contribution in [0.15, 0.2) is 72.8 Å². The van der Waals surface area contributed by atoms with Gasteiger partial charge in [0.25, 0.3) is 0 Å². The Morgan fingerprint density at radius 2 is 0.438 bits per heavy atom. The molecule has 4 aromatic rings. The lowest BCUT2D eigenvalue weighted by atomic mass is 10.1. The van der Waals surface area contributed by atoms with Gasteiger partial charge in [0.15, 0.2) is 0 Å². The normalized spacial score (nSPS) is 10.2. The number of terminal acetylenes is 2. The van der Waals surface area contributed by atoms with Crippen molar-refractivity contribution in [1.29, 1.82) is 0 Å². The first-order chi connectivity index (χ1) is 39.4. The van der Waals surface area contributed by atoms with Crippen molar-refractivity contribution < 1.29 is 18.9 Å². The molecule has 0 aromatic heterocycles. The number of hydrogen-bond donors (Lipinski definition) is 0. The van der Waals surface area contributed by atoms with Crippen molar-refractivity contribution in [3.8, 4) is 95.7 Å². The monoisotopic (exact) mass is 1070 g/mol. The van der Waals surface area contributed by atoms with E-state index >= 15 is 0 Å². The Labute approximate surface area is 486 Å². The Kier molecular flexibility index (Phi) is 36.1. The van der Waals surface area contributed by atoms with Gasteiger partial charge >= 0.3 is 0 Å². The van der Waals surface area contributed by atoms with Crippen LogP contribution in [0.5, 0.6) is 0 Å². The summed E-state index contributed by atoms with van der Waals surface area (Å²) in [6, 6.07) is 24.1. The van der Waals surface area contributed by atoms with Crippen LogP contribution in [0.2, 0.25) is 0 Å². The molecule has 4 rings (SSSR count). The molecule has 0 amide bonds. The number of unbranched alkanes of at least 4 members (excludes halogenated alkanes) is 20. The van der Waals surface area contributed by atoms with Crippen molar-refractivity contribution in [3.63, 3.8) is 0 Å². The molecule has 418 valence electrons. The molecule has 0 atom stereocenters. The molecule has 0 aliphatic carbocycles. The molecule has 80 heavy (non-hydrogen) atoms. The molecule has 0 bridgehead atoms. The van der Waals surface area contributed by atoms with Crippen LogP contribution < -0.4 is 0 Å². The molecular formula is C76H90O4. The van der Waals surface area contributed by atoms with Crippen LogP contribution in [0, 0.1) is 95.7 Å². The topological polar surface area (TPSA) is 36.9 Å². The van der Waals surface area contributed by atoms with Crippen molar-refractivity contribution >= 4 is 0 Å². The number of benzene rings is 4. The average Bonchev–Trinajstić information content (AvgIpc) is 3.47. The third kappa shape index (κ3) is 31.1. The zero-order valence-corrected chi connectivity index (χ0v) is 49.3. The van der Waals surface area contributed by atoms with Gasteiger partial charge in [-0.3, -0.25) is 0 Å². The third-order valence-electron chi connectivity index (χ3n) is 13.4. The molecule has 0 heterocycles. The number of ether oxygens (including phenoxy) is 4. The first-order valence-electron chi connectivity index (χ1n) is 30.3. The van der Waals surface area contributed by atoms with Crippen molar-refractivity contribution in [2.45, 2.75) is 208 Å². The highest BCUT2D eigenvalue weighted by molar-refractivity contribution is 5.55. The molecule has 0 aliphatic heterocycles. The van der Waals surface area contributed by atoms with E-state index < -0.39 is 0 Å². The lowest BCUT2D eigenvalue weighted by Crippen LogP contribution is -1.97. The molecule has 0 spiro atoms. The molecule has 0 saturated heterocycles. The fourth-order valence-electron chi connectivity index (χ4n) is 9.02. The van der Waals surface area contributed by atoms with E-state index in [0.29, 0.717) is 39.6 Å². The Balaban J connectivity index is 1.54. The average molecular weight is 1070 g/mol. The summed E-state index contributed by atoms with van der Waals surface area (Å²) in [4.78, 5) is 0. The molecule has 0 radical (unpaired) electrons. The maximum absolute atomic E-state index is 6.16. The highest BCUT2D eigenvalue weighted by atomic mass is 16.5. The maximum atomic E-state index is 6.16. The number of rotatable bonds is 36. The van der Waals surface area contributed by atoms with Crippen LogP contribution in [-0.4, -0.2) is 26.4 Å². The second kappa shape index (κ2) is 44.0. The van der Waals surface area contributed by atoms with E-state index in [2.05, 4.69) is 135 Å². The van der Waals surface area contributed by atoms with E-state index in [1.54, 1.807) is 0 Å². The van der Waals surface area contributed by atoms with Gasteiger partial charge in [-0.1, -0.05) is 203 Å². The number of hydrogen-bond acceptors (Lipinski definition) is 4. The highest BCUT2D eigenvalue weighted by Crippen LogP contribution is 2.17. The van der Waals surface area contributed by atoms with Crippen LogP contribution in [0.3, 0.4) is 0 Å². The fraction of sp³-hybridized carbons (Fsp3) is 0.474. The summed E-state index contributed by atoms with van der Waals surface area (Å²) in [7, 11) is 0. The largest absolute Gasteiger partial charge is 0.377 e. The Morgan fingerprint density at radius 3 is 0.650 bits per heavy atom. The Hall–Kier alpha value is -6.80. The highest BCUT2D eigenvalue weighted by Gasteiger charge is 2.05. The van der Waals surface area contributed by atoms with Crippen LogP contribution in [0.1, 0.15) is 249 Å². The lowest BCUT2D eigenvalue weighted by molar-refractivity contribution is 0.116. The summed E-state index contributed by atoms with van der Waals surface area (Å²) >= 11 is 0. The predicted molar refractivity (Wildman–Crippen MR) is 335 cm³/mol. The Bertz CT molecular complexity index is 2720. The molecule has 4 aromatic carbocycles. The molecular weight excluding hydrogens is 977 g/mol. The van der Waals surface area contributed by atoms with Gasteiger partial charge in [0, 0.05) is 70.9 Å². The zero-order chi connectivity index (χ0) is 56.8. The minimum atomic E-state index is 0.466. The van der Waals surface area contributed by atoms with Crippen LogP contribution in [0.4, 0.5) is 0 Å². The molecule has 0 fully saturated rings. The van der Waals surface area contributed by atoms with E-state index in [4.69, 9.17) is 31.8 Å². The van der Waals surface area contributed by atoms with Crippen molar-refractivity contribution in [3.05, 3.63) is 140 Å². The van der Waals surface area contributed by atoms with Crippen molar-refractivity contribution in [2.24, 2.45) is 0 Å². The fourth-order valence-corrected chi connectivity index (χ4v) is 9.02. The van der Waals surface area contributed by atoms with Crippen molar-refractivity contribution in [2.75, 3.05) is 26.4 Å². The second-order valence-electron chi connectivity index (χ2n) is 20.7. The summed E-state index contributed by atoms with van der Waals surface area (Å²) in [5.41, 5.74) is 10.4. The van der Waals surface area contributed by atoms with Gasteiger partial charge in [-0.15, -0.1) is 12.8 Å². The Morgan fingerprint density at radius 1 is 0.250 bits per heavy atom. The van der Waals surface area contributed by atoms with Crippen LogP contribution in [0.25, 0.3) is 0 Å². The summed E-state index contributed by atoms with van der Waals surface area (Å²) in [5, 5.41) is 0. The summed E-state index contributed by atoms with van der Waals surface area (Å²) in [6.07, 6.45) is 40.9. The zero-order valence-electron chi connectivity index (χ0n) is 49.3. The maximum Gasteiger partial charge on any atom is 0.0717 e. The van der Waals surface area contributed by atoms with Crippen molar-refractivity contribution in [1.82, 2.24) is 0 Å². The molecule has 0 saturated carbocycles. The summed E-state index contributed by atoms with van der Waals surface area (Å²) in [6.45, 7) is 13.8. The van der Waals surface area contributed by atoms with Gasteiger partial charge in [-0.05, 0) is 156 Å². The third-order valence-corrected chi connectivity index (χ3v) is 13.4. The van der Waals surface area contributed by atoms with E-state index in [0.717, 1.165) is 106 Å². The van der Waals surface area contributed by atoms with Crippen LogP contribution >= 0.6 is 0 Å². The van der Waals surface area contributed by atoms with E-state index in [-0.39, 0.29) is 0 Å². The SMILES string of the molecule is C#Cc1cc(C#CC#Cc2cc(C#CC#Cc3cc(C#CC#Cc4cc(C#C)cc(COCCCCCCCC)c4)cc(COCCCCCCCC)c3)cc(COCCCCCCCC)c2)cc(COCCCCCCCC)c1. The second-order valence-corrected chi connectivity index (χ2v) is 20.7. The molecule has 0 aliphatic rings. The first kappa shape index (κ1) is 65.7. The van der Waals surface area contributed by atoms with E-state index in [9.17, 15) is 0 Å². The van der Waals surface area contributed by atoms with E-state index in [1.807, 2.05) is 48.5 Å². The molecule has 4 nitrogen and oxygen atoms in total. The molecule has 0 unspecified atom stereocenters. The minimum Gasteiger partial charge on any atom is -0.377 e. The summed E-state index contributed by atoms with van der Waals surface area (Å²) in [5.74, 6) is 43.5. The van der Waals surface area contributed by atoms with Gasteiger partial charge in [-0.25, -0.2) is 0 Å². The standard InChI is InChI=1S/C76H90O4/c1-7-13-17-21-25-35-45-77-61-73-51-65(11-5)49-67(55-73)39-29-31-41-69-53-71(59-75(57-69)63-79-47-37-27-23-19-15-9-3)43-33-34-44-72-54-70(58-76(60-72)64-80-48-38-28-24-20-16-10-4)42-32-30-40-68-50-66(12-6)52-74(56-68)62-78-46-36-26-22-18-14-8-2/h5-6,49-60H,7-10,13-28,35-38,45-48,61-64H2,1-4H3. The molecule has 0 N–H and O–H groups in total. The first-order valence-corrected chi connectivity index (χ1v) is 30.3. The van der Waals surface area contributed by atoms with Crippen LogP contribution in [-0.2, 0) is 45.4 Å². The smallest absolute Gasteiger partial charge is 0.0717 e. The molecule has 4 heteroatoms. The predicted octanol–water partition coefficient (Wildman–Crippen LogP) is 17.4. The minimum absolute atomic E-state index is 0.466. The van der Waals surface area contributed by atoms with Gasteiger partial charge in [-0.2, -0.15) is 0 Å². The van der Waals surface area contributed by atoms with Gasteiger partial charge in [0.05, 0.1) is 26.4 Å². The quantitative estimate of drug-likeness (QED) is 0.0336. The summed E-state index contributed by atoms with van der Waals surface area (Å²) < 4.78 is 24.3. The van der Waals surface area contributed by atoms with Gasteiger partial charge in [0.1, 0.15) is 0 Å². The van der Waals surface area contributed by atoms with Gasteiger partial charge < -0.3 is 18.9 Å². The van der Waals surface area contributed by atoms with Gasteiger partial charge in [0.2, 0.25) is 0 Å². The van der Waals surface area contributed by atoms with E-state index in [1.165, 1.54) is 128 Å². The lowest BCUT2D eigenvalue weighted by Gasteiger charge is -2.06.